The molecule has 102 valence electrons. The van der Waals surface area contributed by atoms with E-state index >= 15 is 0 Å². The molecular weight excluding hydrogens is 285 g/mol. The highest BCUT2D eigenvalue weighted by molar-refractivity contribution is 7.08. The summed E-state index contributed by atoms with van der Waals surface area (Å²) < 4.78 is 66.6. The second-order valence-electron chi connectivity index (χ2n) is 3.76. The van der Waals surface area contributed by atoms with Gasteiger partial charge in [0.2, 0.25) is 5.82 Å². The fourth-order valence-electron chi connectivity index (χ4n) is 1.79. The van der Waals surface area contributed by atoms with Crippen molar-refractivity contribution >= 4 is 11.3 Å². The number of hydrogen-bond donors (Lipinski definition) is 1. The molecule has 0 radical (unpaired) electrons. The minimum atomic E-state index is -2.15. The first-order chi connectivity index (χ1) is 8.99. The summed E-state index contributed by atoms with van der Waals surface area (Å²) in [5.74, 6) is -9.67. The summed E-state index contributed by atoms with van der Waals surface area (Å²) in [4.78, 5) is 0. The number of hydrogen-bond acceptors (Lipinski definition) is 2. The maximum Gasteiger partial charge on any atom is 0.200 e. The lowest BCUT2D eigenvalue weighted by Gasteiger charge is -2.18. The van der Waals surface area contributed by atoms with Crippen LogP contribution in [-0.2, 0) is 0 Å². The minimum Gasteiger partial charge on any atom is -0.309 e. The third kappa shape index (κ3) is 2.23. The molecule has 0 spiro atoms. The molecule has 1 aromatic carbocycles. The zero-order valence-electron chi connectivity index (χ0n) is 9.61. The van der Waals surface area contributed by atoms with Gasteiger partial charge in [0.05, 0.1) is 11.6 Å². The smallest absolute Gasteiger partial charge is 0.200 e. The van der Waals surface area contributed by atoms with E-state index in [9.17, 15) is 22.0 Å². The van der Waals surface area contributed by atoms with Crippen molar-refractivity contribution in [1.82, 2.24) is 5.32 Å². The molecule has 1 aromatic heterocycles. The van der Waals surface area contributed by atoms with Crippen molar-refractivity contribution in [3.63, 3.8) is 0 Å². The molecule has 0 aliphatic heterocycles. The van der Waals surface area contributed by atoms with Crippen LogP contribution >= 0.6 is 11.3 Å². The number of benzene rings is 1. The Morgan fingerprint density at radius 2 is 1.47 bits per heavy atom. The molecule has 0 bridgehead atoms. The summed E-state index contributed by atoms with van der Waals surface area (Å²) in [6.45, 7) is 0. The zero-order valence-corrected chi connectivity index (χ0v) is 10.4. The van der Waals surface area contributed by atoms with Gasteiger partial charge in [-0.15, -0.1) is 0 Å². The molecule has 0 aliphatic carbocycles. The van der Waals surface area contributed by atoms with Crippen molar-refractivity contribution in [2.75, 3.05) is 7.05 Å². The largest absolute Gasteiger partial charge is 0.309 e. The van der Waals surface area contributed by atoms with Crippen LogP contribution in [0.15, 0.2) is 16.8 Å². The van der Waals surface area contributed by atoms with E-state index in [1.807, 2.05) is 0 Å². The van der Waals surface area contributed by atoms with E-state index in [0.29, 0.717) is 5.56 Å². The molecule has 0 fully saturated rings. The lowest BCUT2D eigenvalue weighted by Crippen LogP contribution is -2.22. The zero-order chi connectivity index (χ0) is 14.2. The molecule has 1 atom stereocenters. The second kappa shape index (κ2) is 5.26. The first kappa shape index (κ1) is 14.0. The lowest BCUT2D eigenvalue weighted by molar-refractivity contribution is 0.364. The van der Waals surface area contributed by atoms with E-state index in [-0.39, 0.29) is 0 Å². The van der Waals surface area contributed by atoms with Gasteiger partial charge in [-0.25, -0.2) is 22.0 Å². The predicted molar refractivity (Wildman–Crippen MR) is 61.5 cm³/mol. The Balaban J connectivity index is 2.68. The fourth-order valence-corrected chi connectivity index (χ4v) is 2.48. The summed E-state index contributed by atoms with van der Waals surface area (Å²) >= 11 is 1.25. The average molecular weight is 293 g/mol. The van der Waals surface area contributed by atoms with Gasteiger partial charge in [-0.1, -0.05) is 0 Å². The van der Waals surface area contributed by atoms with Crippen LogP contribution in [0.2, 0.25) is 0 Å². The number of thiophene rings is 1. The molecule has 2 aromatic rings. The van der Waals surface area contributed by atoms with Gasteiger partial charge < -0.3 is 5.32 Å². The fraction of sp³-hybridized carbons (Fsp3) is 0.167. The van der Waals surface area contributed by atoms with Crippen molar-refractivity contribution in [3.05, 3.63) is 57.0 Å². The van der Waals surface area contributed by atoms with Crippen LogP contribution in [0.3, 0.4) is 0 Å². The molecule has 19 heavy (non-hydrogen) atoms. The van der Waals surface area contributed by atoms with E-state index < -0.39 is 40.7 Å². The molecule has 1 unspecified atom stereocenters. The van der Waals surface area contributed by atoms with Gasteiger partial charge in [-0.3, -0.25) is 0 Å². The minimum absolute atomic E-state index is 0.427. The van der Waals surface area contributed by atoms with Gasteiger partial charge in [0.1, 0.15) is 0 Å². The molecule has 0 amide bonds. The van der Waals surface area contributed by atoms with Crippen molar-refractivity contribution in [3.8, 4) is 0 Å². The van der Waals surface area contributed by atoms with Gasteiger partial charge in [0, 0.05) is 0 Å². The Labute approximate surface area is 109 Å². The van der Waals surface area contributed by atoms with Gasteiger partial charge in [0.15, 0.2) is 23.3 Å². The maximum atomic E-state index is 13.7. The Morgan fingerprint density at radius 3 is 1.89 bits per heavy atom. The van der Waals surface area contributed by atoms with Crippen LogP contribution in [0, 0.1) is 29.1 Å². The summed E-state index contributed by atoms with van der Waals surface area (Å²) in [5, 5.41) is 5.76. The van der Waals surface area contributed by atoms with E-state index in [1.165, 1.54) is 18.4 Å². The molecule has 2 rings (SSSR count). The molecule has 1 nitrogen and oxygen atoms in total. The average Bonchev–Trinajstić information content (AvgIpc) is 2.93. The van der Waals surface area contributed by atoms with Crippen LogP contribution in [0.5, 0.6) is 0 Å². The van der Waals surface area contributed by atoms with Crippen LogP contribution in [0.4, 0.5) is 22.0 Å². The standard InChI is InChI=1S/C12H8F5NS/c1-18-12(5-2-3-19-4-5)6-7(13)9(15)11(17)10(16)8(6)14/h2-4,12,18H,1H3. The molecular formula is C12H8F5NS. The number of rotatable bonds is 3. The molecule has 1 heterocycles. The molecule has 7 heteroatoms. The Bertz CT molecular complexity index is 568. The highest BCUT2D eigenvalue weighted by Gasteiger charge is 2.30. The summed E-state index contributed by atoms with van der Waals surface area (Å²) in [5.41, 5.74) is -0.451. The van der Waals surface area contributed by atoms with E-state index in [1.54, 1.807) is 16.8 Å². The third-order valence-electron chi connectivity index (χ3n) is 2.70. The van der Waals surface area contributed by atoms with Crippen molar-refractivity contribution in [2.24, 2.45) is 0 Å². The van der Waals surface area contributed by atoms with Gasteiger partial charge in [0.25, 0.3) is 0 Å². The van der Waals surface area contributed by atoms with E-state index in [4.69, 9.17) is 0 Å². The number of nitrogens with one attached hydrogen (secondary N) is 1. The predicted octanol–water partition coefficient (Wildman–Crippen LogP) is 3.75. The Morgan fingerprint density at radius 1 is 0.947 bits per heavy atom. The topological polar surface area (TPSA) is 12.0 Å². The van der Waals surface area contributed by atoms with Crippen molar-refractivity contribution in [1.29, 1.82) is 0 Å². The third-order valence-corrected chi connectivity index (χ3v) is 3.40. The van der Waals surface area contributed by atoms with E-state index in [2.05, 4.69) is 5.32 Å². The quantitative estimate of drug-likeness (QED) is 0.516. The maximum absolute atomic E-state index is 13.7. The first-order valence-corrected chi connectivity index (χ1v) is 6.14. The van der Waals surface area contributed by atoms with Gasteiger partial charge in [-0.05, 0) is 29.4 Å². The lowest BCUT2D eigenvalue weighted by atomic mass is 9.99. The molecule has 0 aliphatic rings. The van der Waals surface area contributed by atoms with Gasteiger partial charge >= 0.3 is 0 Å². The van der Waals surface area contributed by atoms with Crippen LogP contribution in [-0.4, -0.2) is 7.05 Å². The second-order valence-corrected chi connectivity index (χ2v) is 4.54. The van der Waals surface area contributed by atoms with Crippen LogP contribution in [0.1, 0.15) is 17.2 Å². The SMILES string of the molecule is CNC(c1ccsc1)c1c(F)c(F)c(F)c(F)c1F. The summed E-state index contributed by atoms with van der Waals surface area (Å²) in [6, 6.07) is 0.444. The van der Waals surface area contributed by atoms with Crippen LogP contribution in [0.25, 0.3) is 0 Å². The van der Waals surface area contributed by atoms with Crippen LogP contribution < -0.4 is 5.32 Å². The summed E-state index contributed by atoms with van der Waals surface area (Å²) in [6.07, 6.45) is 0. The molecule has 1 N–H and O–H groups in total. The monoisotopic (exact) mass is 293 g/mol. The van der Waals surface area contributed by atoms with Gasteiger partial charge in [-0.2, -0.15) is 11.3 Å². The Kier molecular flexibility index (Phi) is 3.86. The van der Waals surface area contributed by atoms with Crippen molar-refractivity contribution < 1.29 is 22.0 Å². The highest BCUT2D eigenvalue weighted by Crippen LogP contribution is 2.32. The highest BCUT2D eigenvalue weighted by atomic mass is 32.1. The number of halogens is 5. The van der Waals surface area contributed by atoms with E-state index in [0.717, 1.165) is 0 Å². The molecule has 0 saturated heterocycles. The summed E-state index contributed by atoms with van der Waals surface area (Å²) in [7, 11) is 1.38. The Hall–Kier alpha value is -1.47. The van der Waals surface area contributed by atoms with Crippen molar-refractivity contribution in [2.45, 2.75) is 6.04 Å². The molecule has 0 saturated carbocycles. The first-order valence-electron chi connectivity index (χ1n) is 5.19. The normalized spacial score (nSPS) is 12.7.